The van der Waals surface area contributed by atoms with Crippen LogP contribution in [0.2, 0.25) is 0 Å². The first-order chi connectivity index (χ1) is 10.7. The molecule has 0 radical (unpaired) electrons. The molecule has 1 aromatic rings. The number of aliphatic hydroxyl groups excluding tert-OH is 1. The molecule has 2 fully saturated rings. The third-order valence-corrected chi connectivity index (χ3v) is 4.41. The molecule has 0 saturated carbocycles. The van der Waals surface area contributed by atoms with Crippen molar-refractivity contribution in [3.8, 4) is 0 Å². The van der Waals surface area contributed by atoms with Crippen LogP contribution < -0.4 is 11.2 Å². The van der Waals surface area contributed by atoms with Crippen LogP contribution in [0.25, 0.3) is 0 Å². The van der Waals surface area contributed by atoms with Gasteiger partial charge in [-0.1, -0.05) is 0 Å². The summed E-state index contributed by atoms with van der Waals surface area (Å²) >= 11 is 0. The SMILES string of the molecule is Cc1cn([C@H]2O[C@@]3(CO)CO[C@@H]2[C@H]3OP(=O)(O)O)c(=O)[nH]c1=O. The molecular formula is C11H15N2O9P. The lowest BCUT2D eigenvalue weighted by Gasteiger charge is -2.29. The van der Waals surface area contributed by atoms with Crippen LogP contribution >= 0.6 is 7.82 Å². The van der Waals surface area contributed by atoms with Gasteiger partial charge in [-0.15, -0.1) is 0 Å². The summed E-state index contributed by atoms with van der Waals surface area (Å²) in [5, 5.41) is 9.56. The highest BCUT2D eigenvalue weighted by Gasteiger charge is 2.64. The van der Waals surface area contributed by atoms with Gasteiger partial charge in [0, 0.05) is 11.8 Å². The third-order valence-electron chi connectivity index (χ3n) is 3.91. The fourth-order valence-corrected chi connectivity index (χ4v) is 3.42. The Labute approximate surface area is 128 Å². The van der Waals surface area contributed by atoms with Gasteiger partial charge in [-0.3, -0.25) is 18.9 Å². The van der Waals surface area contributed by atoms with Crippen molar-refractivity contribution in [1.82, 2.24) is 9.55 Å². The van der Waals surface area contributed by atoms with Gasteiger partial charge in [0.25, 0.3) is 5.56 Å². The number of ether oxygens (including phenoxy) is 2. The maximum atomic E-state index is 12.0. The minimum absolute atomic E-state index is 0.146. The second kappa shape index (κ2) is 5.35. The van der Waals surface area contributed by atoms with Gasteiger partial charge in [-0.2, -0.15) is 0 Å². The molecule has 2 aliphatic rings. The molecule has 2 bridgehead atoms. The van der Waals surface area contributed by atoms with Gasteiger partial charge in [-0.25, -0.2) is 9.36 Å². The second-order valence-electron chi connectivity index (χ2n) is 5.50. The summed E-state index contributed by atoms with van der Waals surface area (Å²) in [6, 6.07) is 0. The van der Waals surface area contributed by atoms with E-state index >= 15 is 0 Å². The first kappa shape index (κ1) is 16.5. The Morgan fingerprint density at radius 1 is 1.52 bits per heavy atom. The molecule has 0 amide bonds. The number of nitrogens with one attached hydrogen (secondary N) is 1. The molecule has 3 heterocycles. The van der Waals surface area contributed by atoms with E-state index in [9.17, 15) is 19.3 Å². The summed E-state index contributed by atoms with van der Waals surface area (Å²) in [6.07, 6.45) is -2.15. The molecule has 4 atom stereocenters. The van der Waals surface area contributed by atoms with Crippen molar-refractivity contribution < 1.29 is 33.5 Å². The van der Waals surface area contributed by atoms with Crippen LogP contribution in [-0.4, -0.2) is 55.5 Å². The van der Waals surface area contributed by atoms with Crippen molar-refractivity contribution in [2.24, 2.45) is 0 Å². The van der Waals surface area contributed by atoms with E-state index < -0.39 is 49.7 Å². The van der Waals surface area contributed by atoms with E-state index in [0.29, 0.717) is 0 Å². The van der Waals surface area contributed by atoms with E-state index in [1.165, 1.54) is 13.1 Å². The maximum absolute atomic E-state index is 12.0. The second-order valence-corrected chi connectivity index (χ2v) is 6.69. The van der Waals surface area contributed by atoms with Crippen LogP contribution in [0, 0.1) is 6.92 Å². The Bertz CT molecular complexity index is 782. The zero-order valence-corrected chi connectivity index (χ0v) is 12.8. The summed E-state index contributed by atoms with van der Waals surface area (Å²) in [5.41, 5.74) is -2.60. The lowest BCUT2D eigenvalue weighted by atomic mass is 10.0. The molecule has 12 heteroatoms. The summed E-state index contributed by atoms with van der Waals surface area (Å²) in [6.45, 7) is 0.711. The number of aromatic amines is 1. The summed E-state index contributed by atoms with van der Waals surface area (Å²) in [5.74, 6) is 0. The summed E-state index contributed by atoms with van der Waals surface area (Å²) in [7, 11) is -4.87. The van der Waals surface area contributed by atoms with E-state index in [0.717, 1.165) is 4.57 Å². The summed E-state index contributed by atoms with van der Waals surface area (Å²) < 4.78 is 27.9. The molecule has 4 N–H and O–H groups in total. The van der Waals surface area contributed by atoms with Gasteiger partial charge in [0.2, 0.25) is 0 Å². The van der Waals surface area contributed by atoms with Crippen molar-refractivity contribution in [2.75, 3.05) is 13.2 Å². The number of aryl methyl sites for hydroxylation is 1. The van der Waals surface area contributed by atoms with E-state index in [1.54, 1.807) is 0 Å². The molecule has 1 aromatic heterocycles. The van der Waals surface area contributed by atoms with E-state index in [-0.39, 0.29) is 12.2 Å². The van der Waals surface area contributed by atoms with Crippen LogP contribution in [0.15, 0.2) is 15.8 Å². The molecule has 3 rings (SSSR count). The van der Waals surface area contributed by atoms with Crippen LogP contribution in [-0.2, 0) is 18.6 Å². The normalized spacial score (nSPS) is 33.3. The average molecular weight is 350 g/mol. The Balaban J connectivity index is 2.02. The van der Waals surface area contributed by atoms with Crippen molar-refractivity contribution in [1.29, 1.82) is 0 Å². The molecular weight excluding hydrogens is 335 g/mol. The van der Waals surface area contributed by atoms with Gasteiger partial charge < -0.3 is 24.4 Å². The van der Waals surface area contributed by atoms with Crippen LogP contribution in [0.1, 0.15) is 11.8 Å². The quantitative estimate of drug-likeness (QED) is 0.449. The highest BCUT2D eigenvalue weighted by atomic mass is 31.2. The highest BCUT2D eigenvalue weighted by Crippen LogP contribution is 2.51. The van der Waals surface area contributed by atoms with Gasteiger partial charge in [0.05, 0.1) is 13.2 Å². The molecule has 23 heavy (non-hydrogen) atoms. The average Bonchev–Trinajstić information content (AvgIpc) is 2.93. The van der Waals surface area contributed by atoms with Crippen molar-refractivity contribution >= 4 is 7.82 Å². The number of phosphoric acid groups is 1. The molecule has 2 saturated heterocycles. The van der Waals surface area contributed by atoms with Crippen LogP contribution in [0.3, 0.4) is 0 Å². The fourth-order valence-electron chi connectivity index (χ4n) is 2.81. The number of phosphoric ester groups is 1. The zero-order valence-electron chi connectivity index (χ0n) is 11.9. The fraction of sp³-hybridized carbons (Fsp3) is 0.636. The molecule has 0 aromatic carbocycles. The Hall–Kier alpha value is -1.33. The van der Waals surface area contributed by atoms with E-state index in [1.807, 2.05) is 0 Å². The number of aliphatic hydroxyl groups is 1. The Kier molecular flexibility index (Phi) is 3.84. The molecule has 2 aliphatic heterocycles. The first-order valence-electron chi connectivity index (χ1n) is 6.63. The highest BCUT2D eigenvalue weighted by molar-refractivity contribution is 7.46. The first-order valence-corrected chi connectivity index (χ1v) is 8.16. The number of fused-ring (bicyclic) bond motifs is 2. The van der Waals surface area contributed by atoms with Crippen molar-refractivity contribution in [3.63, 3.8) is 0 Å². The van der Waals surface area contributed by atoms with E-state index in [4.69, 9.17) is 23.8 Å². The van der Waals surface area contributed by atoms with Gasteiger partial charge in [0.15, 0.2) is 6.23 Å². The lowest BCUT2D eigenvalue weighted by molar-refractivity contribution is -0.187. The number of H-pyrrole nitrogens is 1. The Morgan fingerprint density at radius 2 is 2.22 bits per heavy atom. The van der Waals surface area contributed by atoms with Gasteiger partial charge in [0.1, 0.15) is 17.8 Å². The van der Waals surface area contributed by atoms with Crippen molar-refractivity contribution in [3.05, 3.63) is 32.6 Å². The molecule has 11 nitrogen and oxygen atoms in total. The van der Waals surface area contributed by atoms with Crippen molar-refractivity contribution in [2.45, 2.75) is 31.0 Å². The van der Waals surface area contributed by atoms with Gasteiger partial charge in [-0.05, 0) is 6.92 Å². The number of aromatic nitrogens is 2. The monoisotopic (exact) mass is 350 g/mol. The number of hydrogen-bond donors (Lipinski definition) is 4. The predicted molar refractivity (Wildman–Crippen MR) is 72.7 cm³/mol. The third kappa shape index (κ3) is 2.70. The molecule has 0 unspecified atom stereocenters. The van der Waals surface area contributed by atoms with E-state index in [2.05, 4.69) is 4.98 Å². The predicted octanol–water partition coefficient (Wildman–Crippen LogP) is -2.02. The number of hydrogen-bond acceptors (Lipinski definition) is 7. The van der Waals surface area contributed by atoms with Crippen LogP contribution in [0.4, 0.5) is 0 Å². The molecule has 128 valence electrons. The Morgan fingerprint density at radius 3 is 2.83 bits per heavy atom. The molecule has 0 aliphatic carbocycles. The van der Waals surface area contributed by atoms with Gasteiger partial charge >= 0.3 is 13.5 Å². The standard InChI is InChI=1S/C11H15N2O9P/c1-5-2-13(10(16)12-8(5)15)9-6-7(22-23(17,18)19)11(3-14,21-9)4-20-6/h2,6-7,9,14H,3-4H2,1H3,(H,12,15,16)(H2,17,18,19)/t6-,7-,9+,11+/m1/s1. The lowest BCUT2D eigenvalue weighted by Crippen LogP contribution is -2.45. The largest absolute Gasteiger partial charge is 0.470 e. The minimum atomic E-state index is -4.87. The van der Waals surface area contributed by atoms with Crippen LogP contribution in [0.5, 0.6) is 0 Å². The number of rotatable bonds is 4. The maximum Gasteiger partial charge on any atom is 0.470 e. The smallest absolute Gasteiger partial charge is 0.393 e. The zero-order chi connectivity index (χ0) is 17.0. The molecule has 0 spiro atoms. The number of nitrogens with zero attached hydrogens (tertiary/aromatic N) is 1. The minimum Gasteiger partial charge on any atom is -0.393 e. The summed E-state index contributed by atoms with van der Waals surface area (Å²) in [4.78, 5) is 43.5. The topological polar surface area (TPSA) is 160 Å².